The summed E-state index contributed by atoms with van der Waals surface area (Å²) in [5.74, 6) is -0.151. The first-order valence-electron chi connectivity index (χ1n) is 11.0. The number of nitrogens with zero attached hydrogens (tertiary/aromatic N) is 3. The molecule has 7 nitrogen and oxygen atoms in total. The molecule has 2 saturated heterocycles. The zero-order chi connectivity index (χ0) is 21.7. The van der Waals surface area contributed by atoms with Crippen molar-refractivity contribution in [1.29, 1.82) is 0 Å². The molecule has 2 fully saturated rings. The third kappa shape index (κ3) is 6.71. The van der Waals surface area contributed by atoms with Crippen LogP contribution in [0.4, 0.5) is 11.4 Å². The van der Waals surface area contributed by atoms with Crippen LogP contribution < -0.4 is 10.2 Å². The Labute approximate surface area is 180 Å². The number of likely N-dealkylation sites (N-methyl/N-ethyl adjacent to an activating group) is 1. The number of piperazine rings is 1. The first kappa shape index (κ1) is 22.6. The van der Waals surface area contributed by atoms with Gasteiger partial charge in [0.2, 0.25) is 5.91 Å². The zero-order valence-corrected chi connectivity index (χ0v) is 18.8. The minimum absolute atomic E-state index is 0.0165. The van der Waals surface area contributed by atoms with Gasteiger partial charge in [0.15, 0.2) is 0 Å². The first-order chi connectivity index (χ1) is 14.2. The smallest absolute Gasteiger partial charge is 0.320 e. The highest BCUT2D eigenvalue weighted by Crippen LogP contribution is 2.22. The van der Waals surface area contributed by atoms with Gasteiger partial charge in [-0.15, -0.1) is 0 Å². The fraction of sp³-hybridized carbons (Fsp3) is 0.652. The molecule has 0 unspecified atom stereocenters. The van der Waals surface area contributed by atoms with Crippen LogP contribution in [-0.2, 0) is 14.3 Å². The van der Waals surface area contributed by atoms with E-state index in [0.717, 1.165) is 57.8 Å². The van der Waals surface area contributed by atoms with Crippen molar-refractivity contribution < 1.29 is 14.3 Å². The van der Waals surface area contributed by atoms with E-state index in [1.807, 2.05) is 32.9 Å². The van der Waals surface area contributed by atoms with E-state index in [1.165, 1.54) is 5.69 Å². The fourth-order valence-corrected chi connectivity index (χ4v) is 3.97. The van der Waals surface area contributed by atoms with Crippen molar-refractivity contribution in [3.63, 3.8) is 0 Å². The Morgan fingerprint density at radius 2 is 1.60 bits per heavy atom. The lowest BCUT2D eigenvalue weighted by molar-refractivity contribution is -0.156. The second-order valence-corrected chi connectivity index (χ2v) is 9.46. The van der Waals surface area contributed by atoms with Gasteiger partial charge in [-0.05, 0) is 78.0 Å². The maximum absolute atomic E-state index is 12.7. The van der Waals surface area contributed by atoms with Crippen molar-refractivity contribution in [2.24, 2.45) is 5.92 Å². The number of carbonyl (C=O) groups excluding carboxylic acids is 2. The predicted molar refractivity (Wildman–Crippen MR) is 120 cm³/mol. The zero-order valence-electron chi connectivity index (χ0n) is 18.8. The molecule has 0 aromatic heterocycles. The summed E-state index contributed by atoms with van der Waals surface area (Å²) in [4.78, 5) is 31.5. The molecule has 2 aliphatic heterocycles. The van der Waals surface area contributed by atoms with Crippen LogP contribution in [0.5, 0.6) is 0 Å². The Bertz CT molecular complexity index is 713. The number of nitrogens with one attached hydrogen (secondary N) is 1. The Kier molecular flexibility index (Phi) is 7.36. The van der Waals surface area contributed by atoms with E-state index in [9.17, 15) is 9.59 Å². The van der Waals surface area contributed by atoms with Crippen LogP contribution in [-0.4, -0.2) is 80.1 Å². The molecule has 0 spiro atoms. The quantitative estimate of drug-likeness (QED) is 0.744. The molecule has 1 amide bonds. The maximum atomic E-state index is 12.7. The van der Waals surface area contributed by atoms with Crippen molar-refractivity contribution in [2.75, 3.05) is 63.1 Å². The van der Waals surface area contributed by atoms with E-state index in [-0.39, 0.29) is 17.8 Å². The molecular weight excluding hydrogens is 380 g/mol. The topological polar surface area (TPSA) is 65.1 Å². The standard InChI is InChI=1S/C23H36N4O3/c1-23(2,3)30-21(28)17-26-11-9-18(10-12-26)22(29)24-19-5-7-20(8-6-19)27-15-13-25(4)14-16-27/h5-8,18H,9-17H2,1-4H3,(H,24,29). The molecule has 0 aliphatic carbocycles. The lowest BCUT2D eigenvalue weighted by Crippen LogP contribution is -2.44. The van der Waals surface area contributed by atoms with E-state index in [2.05, 4.69) is 39.2 Å². The Morgan fingerprint density at radius 3 is 2.17 bits per heavy atom. The van der Waals surface area contributed by atoms with Crippen LogP contribution in [0.25, 0.3) is 0 Å². The summed E-state index contributed by atoms with van der Waals surface area (Å²) in [5, 5.41) is 3.06. The molecule has 0 saturated carbocycles. The molecule has 2 aliphatic rings. The summed E-state index contributed by atoms with van der Waals surface area (Å²) >= 11 is 0. The lowest BCUT2D eigenvalue weighted by Gasteiger charge is -2.34. The number of piperidine rings is 1. The molecular formula is C23H36N4O3. The van der Waals surface area contributed by atoms with Gasteiger partial charge in [0.1, 0.15) is 5.60 Å². The molecule has 0 bridgehead atoms. The van der Waals surface area contributed by atoms with Gasteiger partial charge in [-0.1, -0.05) is 0 Å². The molecule has 166 valence electrons. The minimum Gasteiger partial charge on any atom is -0.459 e. The Balaban J connectivity index is 1.43. The largest absolute Gasteiger partial charge is 0.459 e. The van der Waals surface area contributed by atoms with Crippen molar-refractivity contribution >= 4 is 23.3 Å². The van der Waals surface area contributed by atoms with E-state index in [1.54, 1.807) is 0 Å². The monoisotopic (exact) mass is 416 g/mol. The molecule has 0 atom stereocenters. The number of rotatable bonds is 5. The van der Waals surface area contributed by atoms with Gasteiger partial charge in [-0.2, -0.15) is 0 Å². The van der Waals surface area contributed by atoms with E-state index in [4.69, 9.17) is 4.74 Å². The number of benzene rings is 1. The highest BCUT2D eigenvalue weighted by molar-refractivity contribution is 5.92. The van der Waals surface area contributed by atoms with Gasteiger partial charge in [-0.25, -0.2) is 0 Å². The van der Waals surface area contributed by atoms with Gasteiger partial charge < -0.3 is 19.9 Å². The number of esters is 1. The molecule has 3 rings (SSSR count). The summed E-state index contributed by atoms with van der Waals surface area (Å²) in [6.45, 7) is 11.6. The number of hydrogen-bond acceptors (Lipinski definition) is 6. The van der Waals surface area contributed by atoms with Crippen LogP contribution in [0.15, 0.2) is 24.3 Å². The number of ether oxygens (including phenoxy) is 1. The van der Waals surface area contributed by atoms with E-state index in [0.29, 0.717) is 6.54 Å². The van der Waals surface area contributed by atoms with Crippen LogP contribution in [0.2, 0.25) is 0 Å². The average molecular weight is 417 g/mol. The summed E-state index contributed by atoms with van der Waals surface area (Å²) in [6, 6.07) is 8.15. The number of amides is 1. The highest BCUT2D eigenvalue weighted by atomic mass is 16.6. The summed E-state index contributed by atoms with van der Waals surface area (Å²) < 4.78 is 5.39. The second-order valence-electron chi connectivity index (χ2n) is 9.46. The first-order valence-corrected chi connectivity index (χ1v) is 11.0. The van der Waals surface area contributed by atoms with Gasteiger partial charge in [0.25, 0.3) is 0 Å². The number of carbonyl (C=O) groups is 2. The summed E-state index contributed by atoms with van der Waals surface area (Å²) in [5.41, 5.74) is 1.58. The van der Waals surface area contributed by atoms with Crippen molar-refractivity contribution in [1.82, 2.24) is 9.80 Å². The Hall–Kier alpha value is -2.12. The van der Waals surface area contributed by atoms with Gasteiger partial charge in [0, 0.05) is 43.5 Å². The maximum Gasteiger partial charge on any atom is 0.320 e. The lowest BCUT2D eigenvalue weighted by atomic mass is 9.96. The van der Waals surface area contributed by atoms with Crippen LogP contribution >= 0.6 is 0 Å². The molecule has 1 N–H and O–H groups in total. The molecule has 0 radical (unpaired) electrons. The molecule has 1 aromatic carbocycles. The second kappa shape index (κ2) is 9.79. The molecule has 7 heteroatoms. The van der Waals surface area contributed by atoms with E-state index >= 15 is 0 Å². The predicted octanol–water partition coefficient (Wildman–Crippen LogP) is 2.43. The van der Waals surface area contributed by atoms with Crippen molar-refractivity contribution in [3.8, 4) is 0 Å². The number of hydrogen-bond donors (Lipinski definition) is 1. The third-order valence-electron chi connectivity index (χ3n) is 5.73. The minimum atomic E-state index is -0.463. The summed E-state index contributed by atoms with van der Waals surface area (Å²) in [6.07, 6.45) is 1.52. The van der Waals surface area contributed by atoms with Crippen molar-refractivity contribution in [2.45, 2.75) is 39.2 Å². The van der Waals surface area contributed by atoms with Gasteiger partial charge in [0.05, 0.1) is 6.54 Å². The number of likely N-dealkylation sites (tertiary alicyclic amines) is 1. The third-order valence-corrected chi connectivity index (χ3v) is 5.73. The van der Waals surface area contributed by atoms with Gasteiger partial charge in [-0.3, -0.25) is 14.5 Å². The van der Waals surface area contributed by atoms with Crippen molar-refractivity contribution in [3.05, 3.63) is 24.3 Å². The molecule has 2 heterocycles. The number of anilines is 2. The fourth-order valence-electron chi connectivity index (χ4n) is 3.97. The molecule has 30 heavy (non-hydrogen) atoms. The van der Waals surface area contributed by atoms with Crippen LogP contribution in [0.1, 0.15) is 33.6 Å². The van der Waals surface area contributed by atoms with E-state index < -0.39 is 5.60 Å². The molecule has 1 aromatic rings. The SMILES string of the molecule is CN1CCN(c2ccc(NC(=O)C3CCN(CC(=O)OC(C)(C)C)CC3)cc2)CC1. The average Bonchev–Trinajstić information content (AvgIpc) is 2.68. The van der Waals surface area contributed by atoms with Crippen LogP contribution in [0.3, 0.4) is 0 Å². The normalized spacial score (nSPS) is 19.5. The van der Waals surface area contributed by atoms with Crippen LogP contribution in [0, 0.1) is 5.92 Å². The summed E-state index contributed by atoms with van der Waals surface area (Å²) in [7, 11) is 2.15. The van der Waals surface area contributed by atoms with Gasteiger partial charge >= 0.3 is 5.97 Å². The highest BCUT2D eigenvalue weighted by Gasteiger charge is 2.27. The Morgan fingerprint density at radius 1 is 1.00 bits per heavy atom.